The van der Waals surface area contributed by atoms with E-state index in [1.54, 1.807) is 4.90 Å². The lowest BCUT2D eigenvalue weighted by molar-refractivity contribution is -0.135. The molecule has 2 amide bonds. The van der Waals surface area contributed by atoms with Crippen molar-refractivity contribution in [2.24, 2.45) is 0 Å². The second kappa shape index (κ2) is 7.56. The molecule has 1 N–H and O–H groups in total. The highest BCUT2D eigenvalue weighted by molar-refractivity contribution is 5.96. The Kier molecular flexibility index (Phi) is 6.06. The Bertz CT molecular complexity index is 422. The number of hydrogen-bond donors (Lipinski definition) is 1. The summed E-state index contributed by atoms with van der Waals surface area (Å²) in [6.45, 7) is 7.58. The molecule has 104 valence electrons. The number of nitrogens with one attached hydrogen (secondary N) is 1. The van der Waals surface area contributed by atoms with Crippen molar-refractivity contribution >= 4 is 11.8 Å². The van der Waals surface area contributed by atoms with Crippen LogP contribution in [-0.2, 0) is 16.1 Å². The van der Waals surface area contributed by atoms with E-state index in [1.165, 1.54) is 5.56 Å². The van der Waals surface area contributed by atoms with Crippen LogP contribution in [0.4, 0.5) is 0 Å². The maximum atomic E-state index is 11.7. The molecule has 0 aromatic heterocycles. The summed E-state index contributed by atoms with van der Waals surface area (Å²) in [5.41, 5.74) is 2.22. The van der Waals surface area contributed by atoms with Crippen LogP contribution in [0, 0.1) is 6.92 Å². The highest BCUT2D eigenvalue weighted by atomic mass is 16.2. The van der Waals surface area contributed by atoms with Crippen molar-refractivity contribution in [3.8, 4) is 0 Å². The summed E-state index contributed by atoms with van der Waals surface area (Å²) in [6, 6.07) is 7.95. The van der Waals surface area contributed by atoms with Gasteiger partial charge < -0.3 is 10.2 Å². The summed E-state index contributed by atoms with van der Waals surface area (Å²) >= 11 is 0. The lowest BCUT2D eigenvalue weighted by Crippen LogP contribution is -2.35. The van der Waals surface area contributed by atoms with E-state index in [0.717, 1.165) is 5.56 Å². The first kappa shape index (κ1) is 15.2. The van der Waals surface area contributed by atoms with Crippen LogP contribution >= 0.6 is 0 Å². The lowest BCUT2D eigenvalue weighted by atomic mass is 10.1. The van der Waals surface area contributed by atoms with Gasteiger partial charge in [-0.3, -0.25) is 9.59 Å². The van der Waals surface area contributed by atoms with Gasteiger partial charge in [-0.2, -0.15) is 0 Å². The quantitative estimate of drug-likeness (QED) is 0.796. The summed E-state index contributed by atoms with van der Waals surface area (Å²) < 4.78 is 0. The second-order valence-corrected chi connectivity index (χ2v) is 4.51. The minimum absolute atomic E-state index is 0.0759. The van der Waals surface area contributed by atoms with Gasteiger partial charge in [-0.1, -0.05) is 29.8 Å². The van der Waals surface area contributed by atoms with Crippen LogP contribution in [0.3, 0.4) is 0 Å². The van der Waals surface area contributed by atoms with Crippen LogP contribution in [-0.4, -0.2) is 29.8 Å². The summed E-state index contributed by atoms with van der Waals surface area (Å²) in [5.74, 6) is -0.344. The molecule has 19 heavy (non-hydrogen) atoms. The average molecular weight is 262 g/mol. The number of nitrogens with zero attached hydrogens (tertiary/aromatic N) is 1. The molecule has 0 fully saturated rings. The molecule has 0 saturated carbocycles. The Balaban J connectivity index is 2.39. The summed E-state index contributed by atoms with van der Waals surface area (Å²) in [7, 11) is 0. The molecule has 0 spiro atoms. The van der Waals surface area contributed by atoms with Crippen molar-refractivity contribution in [3.63, 3.8) is 0 Å². The topological polar surface area (TPSA) is 49.4 Å². The Morgan fingerprint density at radius 1 is 1.11 bits per heavy atom. The number of benzene rings is 1. The number of amides is 2. The van der Waals surface area contributed by atoms with Crippen LogP contribution in [0.2, 0.25) is 0 Å². The van der Waals surface area contributed by atoms with E-state index in [0.29, 0.717) is 19.6 Å². The van der Waals surface area contributed by atoms with Crippen LogP contribution in [0.1, 0.15) is 31.4 Å². The molecular weight excluding hydrogens is 240 g/mol. The number of carbonyl (C=O) groups is 2. The van der Waals surface area contributed by atoms with Gasteiger partial charge >= 0.3 is 0 Å². The summed E-state index contributed by atoms with van der Waals surface area (Å²) in [5, 5.41) is 2.77. The van der Waals surface area contributed by atoms with Gasteiger partial charge in [0.1, 0.15) is 6.42 Å². The molecule has 0 aliphatic heterocycles. The van der Waals surface area contributed by atoms with Crippen LogP contribution in [0.25, 0.3) is 0 Å². The normalized spacial score (nSPS) is 10.1. The molecule has 0 unspecified atom stereocenters. The van der Waals surface area contributed by atoms with Crippen LogP contribution in [0.5, 0.6) is 0 Å². The fraction of sp³-hybridized carbons (Fsp3) is 0.467. The first-order chi connectivity index (χ1) is 9.06. The fourth-order valence-corrected chi connectivity index (χ4v) is 1.79. The maximum absolute atomic E-state index is 11.7. The zero-order chi connectivity index (χ0) is 14.3. The Hall–Kier alpha value is -1.84. The third kappa shape index (κ3) is 5.12. The predicted molar refractivity (Wildman–Crippen MR) is 75.6 cm³/mol. The molecule has 0 radical (unpaired) electrons. The molecule has 0 heterocycles. The Labute approximate surface area is 114 Å². The lowest BCUT2D eigenvalue weighted by Gasteiger charge is -2.18. The van der Waals surface area contributed by atoms with Crippen molar-refractivity contribution in [2.45, 2.75) is 33.7 Å². The Morgan fingerprint density at radius 3 is 2.21 bits per heavy atom. The van der Waals surface area contributed by atoms with Gasteiger partial charge in [0.25, 0.3) is 0 Å². The van der Waals surface area contributed by atoms with E-state index < -0.39 is 0 Å². The molecule has 0 aliphatic rings. The molecule has 1 aromatic rings. The molecule has 4 nitrogen and oxygen atoms in total. The molecule has 0 aliphatic carbocycles. The number of carbonyl (C=O) groups excluding carboxylic acids is 2. The molecule has 0 atom stereocenters. The minimum Gasteiger partial charge on any atom is -0.352 e. The van der Waals surface area contributed by atoms with Gasteiger partial charge in [0.05, 0.1) is 0 Å². The van der Waals surface area contributed by atoms with Crippen molar-refractivity contribution < 1.29 is 9.59 Å². The number of aryl methyl sites for hydroxylation is 1. The van der Waals surface area contributed by atoms with E-state index in [-0.39, 0.29) is 18.2 Å². The van der Waals surface area contributed by atoms with Crippen molar-refractivity contribution in [2.75, 3.05) is 13.1 Å². The van der Waals surface area contributed by atoms with E-state index >= 15 is 0 Å². The monoisotopic (exact) mass is 262 g/mol. The van der Waals surface area contributed by atoms with Gasteiger partial charge in [-0.25, -0.2) is 0 Å². The molecule has 1 aromatic carbocycles. The van der Waals surface area contributed by atoms with Crippen molar-refractivity contribution in [3.05, 3.63) is 35.4 Å². The molecule has 0 saturated heterocycles. The highest BCUT2D eigenvalue weighted by Gasteiger charge is 2.13. The largest absolute Gasteiger partial charge is 0.352 e. The SMILES string of the molecule is CCN(CC)C(=O)CC(=O)NCc1ccc(C)cc1. The second-order valence-electron chi connectivity index (χ2n) is 4.51. The van der Waals surface area contributed by atoms with Gasteiger partial charge in [0.15, 0.2) is 0 Å². The highest BCUT2D eigenvalue weighted by Crippen LogP contribution is 2.02. The molecule has 4 heteroatoms. The van der Waals surface area contributed by atoms with E-state index in [4.69, 9.17) is 0 Å². The van der Waals surface area contributed by atoms with Crippen LogP contribution < -0.4 is 5.32 Å². The van der Waals surface area contributed by atoms with Crippen molar-refractivity contribution in [1.29, 1.82) is 0 Å². The molecule has 0 bridgehead atoms. The Morgan fingerprint density at radius 2 is 1.68 bits per heavy atom. The summed E-state index contributed by atoms with van der Waals surface area (Å²) in [4.78, 5) is 25.1. The standard InChI is InChI=1S/C15H22N2O2/c1-4-17(5-2)15(19)10-14(18)16-11-13-8-6-12(3)7-9-13/h6-9H,4-5,10-11H2,1-3H3,(H,16,18). The number of hydrogen-bond acceptors (Lipinski definition) is 2. The van der Waals surface area contributed by atoms with Gasteiger partial charge in [-0.05, 0) is 26.3 Å². The third-order valence-electron chi connectivity index (χ3n) is 3.04. The van der Waals surface area contributed by atoms with E-state index in [9.17, 15) is 9.59 Å². The summed E-state index contributed by atoms with van der Waals surface area (Å²) in [6.07, 6.45) is -0.0759. The zero-order valence-electron chi connectivity index (χ0n) is 11.9. The van der Waals surface area contributed by atoms with E-state index in [2.05, 4.69) is 5.32 Å². The number of rotatable bonds is 6. The van der Waals surface area contributed by atoms with Gasteiger partial charge in [0.2, 0.25) is 11.8 Å². The van der Waals surface area contributed by atoms with Crippen molar-refractivity contribution in [1.82, 2.24) is 10.2 Å². The first-order valence-electron chi connectivity index (χ1n) is 6.66. The minimum atomic E-state index is -0.225. The van der Waals surface area contributed by atoms with Crippen LogP contribution in [0.15, 0.2) is 24.3 Å². The first-order valence-corrected chi connectivity index (χ1v) is 6.66. The fourth-order valence-electron chi connectivity index (χ4n) is 1.79. The maximum Gasteiger partial charge on any atom is 0.231 e. The third-order valence-corrected chi connectivity index (χ3v) is 3.04. The van der Waals surface area contributed by atoms with E-state index in [1.807, 2.05) is 45.0 Å². The predicted octanol–water partition coefficient (Wildman–Crippen LogP) is 1.87. The molecular formula is C15H22N2O2. The average Bonchev–Trinajstić information content (AvgIpc) is 2.39. The smallest absolute Gasteiger partial charge is 0.231 e. The zero-order valence-corrected chi connectivity index (χ0v) is 11.9. The van der Waals surface area contributed by atoms with Gasteiger partial charge in [-0.15, -0.1) is 0 Å². The van der Waals surface area contributed by atoms with Gasteiger partial charge in [0, 0.05) is 19.6 Å². The molecule has 1 rings (SSSR count).